The van der Waals surface area contributed by atoms with Gasteiger partial charge in [-0.15, -0.1) is 0 Å². The predicted molar refractivity (Wildman–Crippen MR) is 81.0 cm³/mol. The molecule has 0 spiro atoms. The second-order valence-corrected chi connectivity index (χ2v) is 7.33. The van der Waals surface area contributed by atoms with Crippen LogP contribution in [0.25, 0.3) is 0 Å². The van der Waals surface area contributed by atoms with E-state index in [9.17, 15) is 0 Å². The predicted octanol–water partition coefficient (Wildman–Crippen LogP) is 3.47. The number of rotatable bonds is 6. The van der Waals surface area contributed by atoms with E-state index in [-0.39, 0.29) is 0 Å². The summed E-state index contributed by atoms with van der Waals surface area (Å²) in [5.74, 6) is 0.807. The van der Waals surface area contributed by atoms with Crippen molar-refractivity contribution in [3.63, 3.8) is 0 Å². The molecular weight excluding hydrogens is 220 g/mol. The van der Waals surface area contributed by atoms with Crippen molar-refractivity contribution in [3.8, 4) is 0 Å². The molecular formula is C16H34N2. The first-order chi connectivity index (χ1) is 8.34. The number of nitrogens with zero attached hydrogens (tertiary/aromatic N) is 2. The van der Waals surface area contributed by atoms with Crippen LogP contribution in [0.1, 0.15) is 54.4 Å². The molecule has 0 aromatic rings. The molecule has 1 rings (SSSR count). The normalized spacial score (nSPS) is 21.5. The molecule has 0 bridgehead atoms. The lowest BCUT2D eigenvalue weighted by Gasteiger charge is -2.41. The fourth-order valence-electron chi connectivity index (χ4n) is 3.40. The Morgan fingerprint density at radius 1 is 1.00 bits per heavy atom. The van der Waals surface area contributed by atoms with Crippen molar-refractivity contribution >= 4 is 0 Å². The molecule has 1 aliphatic rings. The zero-order valence-corrected chi connectivity index (χ0v) is 13.5. The summed E-state index contributed by atoms with van der Waals surface area (Å²) in [7, 11) is 0. The minimum atomic E-state index is 0.465. The molecule has 0 aliphatic carbocycles. The van der Waals surface area contributed by atoms with E-state index in [1.54, 1.807) is 0 Å². The van der Waals surface area contributed by atoms with Crippen LogP contribution in [-0.2, 0) is 0 Å². The average Bonchev–Trinajstić information content (AvgIpc) is 2.26. The van der Waals surface area contributed by atoms with Crippen molar-refractivity contribution in [2.45, 2.75) is 60.4 Å². The van der Waals surface area contributed by atoms with E-state index < -0.39 is 0 Å². The first-order valence-corrected chi connectivity index (χ1v) is 7.80. The first kappa shape index (κ1) is 16.0. The van der Waals surface area contributed by atoms with E-state index in [2.05, 4.69) is 51.3 Å². The van der Waals surface area contributed by atoms with Gasteiger partial charge in [0.15, 0.2) is 0 Å². The highest BCUT2D eigenvalue weighted by Crippen LogP contribution is 2.27. The molecule has 2 heteroatoms. The van der Waals surface area contributed by atoms with Crippen LogP contribution < -0.4 is 0 Å². The monoisotopic (exact) mass is 254 g/mol. The molecule has 1 heterocycles. The molecule has 1 unspecified atom stereocenters. The molecule has 0 amide bonds. The van der Waals surface area contributed by atoms with Gasteiger partial charge in [0.25, 0.3) is 0 Å². The Bertz CT molecular complexity index is 227. The average molecular weight is 254 g/mol. The molecule has 1 aliphatic heterocycles. The van der Waals surface area contributed by atoms with Gasteiger partial charge >= 0.3 is 0 Å². The van der Waals surface area contributed by atoms with Crippen LogP contribution in [0.4, 0.5) is 0 Å². The lowest BCUT2D eigenvalue weighted by Crippen LogP contribution is -2.51. The number of hydrogen-bond acceptors (Lipinski definition) is 2. The highest BCUT2D eigenvalue weighted by Gasteiger charge is 2.26. The summed E-state index contributed by atoms with van der Waals surface area (Å²) >= 11 is 0. The fourth-order valence-corrected chi connectivity index (χ4v) is 3.40. The van der Waals surface area contributed by atoms with E-state index in [1.807, 2.05) is 0 Å². The molecule has 18 heavy (non-hydrogen) atoms. The lowest BCUT2D eigenvalue weighted by atomic mass is 9.83. The van der Waals surface area contributed by atoms with Gasteiger partial charge < -0.3 is 4.90 Å². The van der Waals surface area contributed by atoms with Crippen molar-refractivity contribution in [3.05, 3.63) is 0 Å². The van der Waals surface area contributed by atoms with Crippen LogP contribution in [-0.4, -0.2) is 48.6 Å². The molecule has 1 atom stereocenters. The zero-order valence-electron chi connectivity index (χ0n) is 13.5. The fraction of sp³-hybridized carbons (Fsp3) is 1.00. The third-order valence-electron chi connectivity index (χ3n) is 4.23. The lowest BCUT2D eigenvalue weighted by molar-refractivity contribution is 0.0692. The summed E-state index contributed by atoms with van der Waals surface area (Å²) in [5.41, 5.74) is 0.465. The Balaban J connectivity index is 2.35. The van der Waals surface area contributed by atoms with Gasteiger partial charge in [0.1, 0.15) is 0 Å². The van der Waals surface area contributed by atoms with Gasteiger partial charge in [-0.25, -0.2) is 0 Å². The van der Waals surface area contributed by atoms with Crippen molar-refractivity contribution in [2.75, 3.05) is 32.7 Å². The summed E-state index contributed by atoms with van der Waals surface area (Å²) in [6.45, 7) is 20.5. The molecule has 1 saturated heterocycles. The Hall–Kier alpha value is -0.0800. The van der Waals surface area contributed by atoms with E-state index >= 15 is 0 Å². The maximum Gasteiger partial charge on any atom is 0.0113 e. The second kappa shape index (κ2) is 6.91. The molecule has 1 fully saturated rings. The molecule has 0 aromatic heterocycles. The topological polar surface area (TPSA) is 6.48 Å². The Kier molecular flexibility index (Phi) is 6.13. The minimum Gasteiger partial charge on any atom is -0.300 e. The Morgan fingerprint density at radius 2 is 1.56 bits per heavy atom. The van der Waals surface area contributed by atoms with E-state index in [0.29, 0.717) is 5.41 Å². The molecule has 0 saturated carbocycles. The van der Waals surface area contributed by atoms with Gasteiger partial charge in [-0.3, -0.25) is 4.90 Å². The summed E-state index contributed by atoms with van der Waals surface area (Å²) in [6.07, 6.45) is 2.61. The maximum atomic E-state index is 2.67. The zero-order chi connectivity index (χ0) is 13.8. The number of hydrogen-bond donors (Lipinski definition) is 0. The maximum absolute atomic E-state index is 2.67. The van der Waals surface area contributed by atoms with Gasteiger partial charge in [-0.1, -0.05) is 34.6 Å². The summed E-state index contributed by atoms with van der Waals surface area (Å²) in [5, 5.41) is 0. The summed E-state index contributed by atoms with van der Waals surface area (Å²) < 4.78 is 0. The van der Waals surface area contributed by atoms with Gasteiger partial charge in [0.2, 0.25) is 0 Å². The van der Waals surface area contributed by atoms with Gasteiger partial charge in [0.05, 0.1) is 0 Å². The van der Waals surface area contributed by atoms with Gasteiger partial charge in [-0.05, 0) is 31.1 Å². The van der Waals surface area contributed by atoms with E-state index in [4.69, 9.17) is 0 Å². The molecule has 0 aromatic carbocycles. The largest absolute Gasteiger partial charge is 0.300 e. The van der Waals surface area contributed by atoms with Gasteiger partial charge in [-0.2, -0.15) is 0 Å². The third-order valence-corrected chi connectivity index (χ3v) is 4.23. The highest BCUT2D eigenvalue weighted by molar-refractivity contribution is 4.80. The van der Waals surface area contributed by atoms with Crippen molar-refractivity contribution in [2.24, 2.45) is 11.3 Å². The van der Waals surface area contributed by atoms with Crippen molar-refractivity contribution in [1.82, 2.24) is 9.80 Å². The van der Waals surface area contributed by atoms with Crippen LogP contribution in [0.5, 0.6) is 0 Å². The summed E-state index contributed by atoms with van der Waals surface area (Å²) in [4.78, 5) is 5.31. The van der Waals surface area contributed by atoms with Crippen molar-refractivity contribution in [1.29, 1.82) is 0 Å². The SMILES string of the molecule is CCC(C)N1CCN(CC(C)(C)CC(C)C)CC1. The third kappa shape index (κ3) is 5.27. The molecule has 2 nitrogen and oxygen atoms in total. The molecule has 0 N–H and O–H groups in total. The van der Waals surface area contributed by atoms with Crippen molar-refractivity contribution < 1.29 is 0 Å². The van der Waals surface area contributed by atoms with E-state index in [1.165, 1.54) is 45.6 Å². The minimum absolute atomic E-state index is 0.465. The Morgan fingerprint density at radius 3 is 2.00 bits per heavy atom. The quantitative estimate of drug-likeness (QED) is 0.716. The van der Waals surface area contributed by atoms with Crippen LogP contribution >= 0.6 is 0 Å². The second-order valence-electron chi connectivity index (χ2n) is 7.33. The van der Waals surface area contributed by atoms with Gasteiger partial charge in [0, 0.05) is 38.8 Å². The Labute approximate surface area is 115 Å². The molecule has 108 valence electrons. The smallest absolute Gasteiger partial charge is 0.0113 e. The molecule has 0 radical (unpaired) electrons. The first-order valence-electron chi connectivity index (χ1n) is 7.80. The summed E-state index contributed by atoms with van der Waals surface area (Å²) in [6, 6.07) is 0.760. The van der Waals surface area contributed by atoms with Crippen LogP contribution in [0.15, 0.2) is 0 Å². The van der Waals surface area contributed by atoms with E-state index in [0.717, 1.165) is 12.0 Å². The van der Waals surface area contributed by atoms with Crippen LogP contribution in [0, 0.1) is 11.3 Å². The van der Waals surface area contributed by atoms with Crippen LogP contribution in [0.3, 0.4) is 0 Å². The number of piperazine rings is 1. The highest BCUT2D eigenvalue weighted by atomic mass is 15.3. The van der Waals surface area contributed by atoms with Crippen LogP contribution in [0.2, 0.25) is 0 Å². The standard InChI is InChI=1S/C16H34N2/c1-7-15(4)18-10-8-17(9-11-18)13-16(5,6)12-14(2)3/h14-15H,7-13H2,1-6H3.